The largest absolute Gasteiger partial charge is 0.370 e. The molecule has 0 aliphatic carbocycles. The Kier molecular flexibility index (Phi) is 10.9. The molecule has 0 aromatic rings. The van der Waals surface area contributed by atoms with Gasteiger partial charge in [0, 0.05) is 25.6 Å². The van der Waals surface area contributed by atoms with Crippen molar-refractivity contribution in [3.63, 3.8) is 0 Å². The van der Waals surface area contributed by atoms with Crippen LogP contribution in [-0.2, 0) is 4.79 Å². The third-order valence-electron chi connectivity index (χ3n) is 2.87. The maximum atomic E-state index is 11.5. The summed E-state index contributed by atoms with van der Waals surface area (Å²) in [5.74, 6) is -0.181. The number of nitrogens with one attached hydrogen (secondary N) is 3. The number of unbranched alkanes of at least 4 members (excludes halogenated alkanes) is 1. The molecule has 0 heterocycles. The second-order valence-electron chi connectivity index (χ2n) is 4.80. The molecule has 0 spiro atoms. The number of hydrogen-bond donors (Lipinski definition) is 5. The number of rotatable bonds is 10. The third-order valence-corrected chi connectivity index (χ3v) is 2.87. The van der Waals surface area contributed by atoms with E-state index in [1.54, 1.807) is 7.05 Å². The summed E-state index contributed by atoms with van der Waals surface area (Å²) in [7, 11) is 1.80. The van der Waals surface area contributed by atoms with E-state index in [0.717, 1.165) is 25.7 Å². The first kappa shape index (κ1) is 19.2. The van der Waals surface area contributed by atoms with Crippen molar-refractivity contribution in [1.29, 1.82) is 0 Å². The molecule has 122 valence electrons. The maximum absolute atomic E-state index is 11.5. The van der Waals surface area contributed by atoms with Crippen LogP contribution in [0.4, 0.5) is 4.79 Å². The molecule has 0 aromatic carbocycles. The summed E-state index contributed by atoms with van der Waals surface area (Å²) in [4.78, 5) is 26.2. The Morgan fingerprint density at radius 3 is 2.52 bits per heavy atom. The maximum Gasteiger partial charge on any atom is 0.321 e. The van der Waals surface area contributed by atoms with E-state index in [0.29, 0.717) is 19.5 Å². The van der Waals surface area contributed by atoms with Gasteiger partial charge in [0.15, 0.2) is 5.96 Å². The van der Waals surface area contributed by atoms with Crippen molar-refractivity contribution in [2.24, 2.45) is 16.5 Å². The van der Waals surface area contributed by atoms with Gasteiger partial charge in [-0.1, -0.05) is 13.3 Å². The first-order valence-electron chi connectivity index (χ1n) is 7.29. The summed E-state index contributed by atoms with van der Waals surface area (Å²) < 4.78 is 0. The van der Waals surface area contributed by atoms with Crippen LogP contribution in [0.15, 0.2) is 4.99 Å². The Morgan fingerprint density at radius 2 is 1.95 bits per heavy atom. The van der Waals surface area contributed by atoms with E-state index in [-0.39, 0.29) is 23.9 Å². The van der Waals surface area contributed by atoms with Crippen LogP contribution in [0.1, 0.15) is 39.0 Å². The van der Waals surface area contributed by atoms with Gasteiger partial charge in [-0.2, -0.15) is 0 Å². The highest BCUT2D eigenvalue weighted by molar-refractivity contribution is 5.95. The van der Waals surface area contributed by atoms with Gasteiger partial charge in [0.05, 0.1) is 0 Å². The Balaban J connectivity index is 3.70. The summed E-state index contributed by atoms with van der Waals surface area (Å²) in [6.45, 7) is 3.12. The van der Waals surface area contributed by atoms with Gasteiger partial charge in [-0.05, 0) is 26.3 Å². The lowest BCUT2D eigenvalue weighted by Gasteiger charge is -2.14. The Labute approximate surface area is 126 Å². The first-order valence-corrected chi connectivity index (χ1v) is 7.29. The van der Waals surface area contributed by atoms with E-state index < -0.39 is 0 Å². The van der Waals surface area contributed by atoms with Gasteiger partial charge < -0.3 is 22.1 Å². The van der Waals surface area contributed by atoms with E-state index in [4.69, 9.17) is 11.5 Å². The molecule has 1 unspecified atom stereocenters. The lowest BCUT2D eigenvalue weighted by Crippen LogP contribution is -2.43. The Hall–Kier alpha value is -1.83. The first-order chi connectivity index (χ1) is 9.99. The zero-order chi connectivity index (χ0) is 16.1. The zero-order valence-electron chi connectivity index (χ0n) is 12.9. The summed E-state index contributed by atoms with van der Waals surface area (Å²) in [6.07, 6.45) is 3.74. The van der Waals surface area contributed by atoms with Crippen molar-refractivity contribution in [2.45, 2.75) is 45.1 Å². The number of aliphatic imine (C=N–C) groups is 1. The van der Waals surface area contributed by atoms with Crippen molar-refractivity contribution in [3.05, 3.63) is 0 Å². The summed E-state index contributed by atoms with van der Waals surface area (Å²) in [5.41, 5.74) is 10.7. The summed E-state index contributed by atoms with van der Waals surface area (Å²) in [5, 5.41) is 8.20. The smallest absolute Gasteiger partial charge is 0.321 e. The van der Waals surface area contributed by atoms with Gasteiger partial charge in [-0.25, -0.2) is 4.79 Å². The average molecular weight is 300 g/mol. The molecule has 8 heteroatoms. The number of urea groups is 1. The van der Waals surface area contributed by atoms with E-state index in [1.807, 2.05) is 6.92 Å². The molecule has 0 bridgehead atoms. The predicted molar refractivity (Wildman–Crippen MR) is 83.8 cm³/mol. The SMILES string of the molecule is CCCN=C(N)NC(=O)NCCCCC(CC(N)=O)NC. The molecule has 0 saturated heterocycles. The molecular formula is C13H28N6O2. The fourth-order valence-corrected chi connectivity index (χ4v) is 1.74. The molecule has 0 rings (SSSR count). The second kappa shape index (κ2) is 12.0. The lowest BCUT2D eigenvalue weighted by molar-refractivity contribution is -0.118. The molecular weight excluding hydrogens is 272 g/mol. The highest BCUT2D eigenvalue weighted by Crippen LogP contribution is 2.03. The van der Waals surface area contributed by atoms with Crippen molar-refractivity contribution < 1.29 is 9.59 Å². The van der Waals surface area contributed by atoms with Crippen LogP contribution >= 0.6 is 0 Å². The summed E-state index contributed by atoms with van der Waals surface area (Å²) >= 11 is 0. The van der Waals surface area contributed by atoms with E-state index >= 15 is 0 Å². The molecule has 0 radical (unpaired) electrons. The Bertz CT molecular complexity index is 346. The monoisotopic (exact) mass is 300 g/mol. The number of amides is 3. The van der Waals surface area contributed by atoms with Crippen LogP contribution in [0.3, 0.4) is 0 Å². The normalized spacial score (nSPS) is 12.8. The molecule has 21 heavy (non-hydrogen) atoms. The zero-order valence-corrected chi connectivity index (χ0v) is 12.9. The molecule has 0 aliphatic heterocycles. The van der Waals surface area contributed by atoms with Crippen LogP contribution < -0.4 is 27.4 Å². The highest BCUT2D eigenvalue weighted by Gasteiger charge is 2.09. The predicted octanol–water partition coefficient (Wildman–Crippen LogP) is -0.356. The summed E-state index contributed by atoms with van der Waals surface area (Å²) in [6, 6.07) is -0.261. The van der Waals surface area contributed by atoms with Crippen LogP contribution in [0.2, 0.25) is 0 Å². The van der Waals surface area contributed by atoms with Crippen LogP contribution in [-0.4, -0.2) is 44.1 Å². The molecule has 3 amide bonds. The number of nitrogens with two attached hydrogens (primary N) is 2. The van der Waals surface area contributed by atoms with Crippen LogP contribution in [0.5, 0.6) is 0 Å². The van der Waals surface area contributed by atoms with Crippen molar-refractivity contribution >= 4 is 17.9 Å². The number of primary amides is 1. The van der Waals surface area contributed by atoms with E-state index in [2.05, 4.69) is 20.9 Å². The highest BCUT2D eigenvalue weighted by atomic mass is 16.2. The van der Waals surface area contributed by atoms with Crippen molar-refractivity contribution in [1.82, 2.24) is 16.0 Å². The van der Waals surface area contributed by atoms with Gasteiger partial charge in [-0.15, -0.1) is 0 Å². The number of carbonyl (C=O) groups is 2. The fourth-order valence-electron chi connectivity index (χ4n) is 1.74. The van der Waals surface area contributed by atoms with Gasteiger partial charge >= 0.3 is 6.03 Å². The number of hydrogen-bond acceptors (Lipinski definition) is 4. The molecule has 0 aromatic heterocycles. The third kappa shape index (κ3) is 11.7. The van der Waals surface area contributed by atoms with Crippen molar-refractivity contribution in [2.75, 3.05) is 20.1 Å². The molecule has 8 nitrogen and oxygen atoms in total. The molecule has 7 N–H and O–H groups in total. The molecule has 0 aliphatic rings. The van der Waals surface area contributed by atoms with Crippen LogP contribution in [0.25, 0.3) is 0 Å². The Morgan fingerprint density at radius 1 is 1.24 bits per heavy atom. The minimum atomic E-state index is -0.352. The van der Waals surface area contributed by atoms with Crippen molar-refractivity contribution in [3.8, 4) is 0 Å². The van der Waals surface area contributed by atoms with E-state index in [9.17, 15) is 9.59 Å². The molecule has 0 saturated carbocycles. The molecule has 0 fully saturated rings. The quantitative estimate of drug-likeness (QED) is 0.214. The standard InChI is InChI=1S/C13H28N6O2/c1-3-7-17-12(15)19-13(21)18-8-5-4-6-10(16-2)9-11(14)20/h10,16H,3-9H2,1-2H3,(H2,14,20)(H4,15,17,18,19,21). The number of carbonyl (C=O) groups excluding carboxylic acids is 2. The number of nitrogens with zero attached hydrogens (tertiary/aromatic N) is 1. The van der Waals surface area contributed by atoms with Gasteiger partial charge in [0.2, 0.25) is 5.91 Å². The van der Waals surface area contributed by atoms with Gasteiger partial charge in [0.1, 0.15) is 0 Å². The average Bonchev–Trinajstić information content (AvgIpc) is 2.42. The van der Waals surface area contributed by atoms with E-state index in [1.165, 1.54) is 0 Å². The molecule has 1 atom stereocenters. The van der Waals surface area contributed by atoms with Gasteiger partial charge in [-0.3, -0.25) is 15.1 Å². The van der Waals surface area contributed by atoms with Crippen LogP contribution in [0, 0.1) is 0 Å². The number of guanidine groups is 1. The van der Waals surface area contributed by atoms with Gasteiger partial charge in [0.25, 0.3) is 0 Å². The minimum Gasteiger partial charge on any atom is -0.370 e. The topological polar surface area (TPSA) is 135 Å². The second-order valence-corrected chi connectivity index (χ2v) is 4.80. The fraction of sp³-hybridized carbons (Fsp3) is 0.769. The minimum absolute atomic E-state index is 0.0909. The lowest BCUT2D eigenvalue weighted by atomic mass is 10.1.